The van der Waals surface area contributed by atoms with E-state index in [0.717, 1.165) is 36.8 Å². The SMILES string of the molecule is O=C(N[C@H]1CC2(C1)C[C@H](c1n[nH]c(=O)c3ccccc31)C2)c1cnc2cc(OC3CCC(F)(F)CC3)ccn12. The zero-order valence-corrected chi connectivity index (χ0v) is 21.3. The number of carbonyl (C=O) groups excluding carboxylic acids is 1. The molecular formula is C29H29F2N5O3. The monoisotopic (exact) mass is 533 g/mol. The summed E-state index contributed by atoms with van der Waals surface area (Å²) in [6, 6.07) is 11.2. The molecule has 0 saturated heterocycles. The number of hydrogen-bond donors (Lipinski definition) is 2. The molecule has 0 unspecified atom stereocenters. The summed E-state index contributed by atoms with van der Waals surface area (Å²) < 4.78 is 34.5. The Morgan fingerprint density at radius 3 is 2.59 bits per heavy atom. The molecule has 4 aromatic rings. The highest BCUT2D eigenvalue weighted by Crippen LogP contribution is 2.62. The molecule has 202 valence electrons. The number of halogens is 2. The molecule has 0 radical (unpaired) electrons. The van der Waals surface area contributed by atoms with E-state index in [0.29, 0.717) is 41.2 Å². The average Bonchev–Trinajstić information content (AvgIpc) is 3.30. The number of aromatic nitrogens is 4. The summed E-state index contributed by atoms with van der Waals surface area (Å²) in [4.78, 5) is 29.5. The van der Waals surface area contributed by atoms with Gasteiger partial charge in [0.15, 0.2) is 0 Å². The number of benzene rings is 1. The van der Waals surface area contributed by atoms with Gasteiger partial charge in [-0.3, -0.25) is 14.0 Å². The molecule has 1 spiro atoms. The van der Waals surface area contributed by atoms with Crippen LogP contribution < -0.4 is 15.6 Å². The van der Waals surface area contributed by atoms with Gasteiger partial charge < -0.3 is 10.1 Å². The smallest absolute Gasteiger partial charge is 0.272 e. The van der Waals surface area contributed by atoms with Crippen molar-refractivity contribution in [3.63, 3.8) is 0 Å². The zero-order chi connectivity index (χ0) is 26.8. The van der Waals surface area contributed by atoms with Gasteiger partial charge in [0.05, 0.1) is 23.4 Å². The minimum absolute atomic E-state index is 0.108. The first-order chi connectivity index (χ1) is 18.8. The van der Waals surface area contributed by atoms with E-state index in [1.807, 2.05) is 24.3 Å². The van der Waals surface area contributed by atoms with Crippen molar-refractivity contribution in [2.75, 3.05) is 0 Å². The van der Waals surface area contributed by atoms with E-state index in [2.05, 4.69) is 20.5 Å². The fourth-order valence-electron chi connectivity index (χ4n) is 6.83. The molecule has 0 bridgehead atoms. The van der Waals surface area contributed by atoms with E-state index in [1.54, 1.807) is 28.9 Å². The number of fused-ring (bicyclic) bond motifs is 2. The van der Waals surface area contributed by atoms with E-state index in [-0.39, 0.29) is 41.9 Å². The fourth-order valence-corrected chi connectivity index (χ4v) is 6.83. The molecule has 39 heavy (non-hydrogen) atoms. The van der Waals surface area contributed by atoms with Gasteiger partial charge in [-0.2, -0.15) is 5.10 Å². The minimum atomic E-state index is -2.59. The Kier molecular flexibility index (Phi) is 5.50. The van der Waals surface area contributed by atoms with Crippen LogP contribution in [0.1, 0.15) is 73.5 Å². The Balaban J connectivity index is 0.955. The van der Waals surface area contributed by atoms with Gasteiger partial charge in [-0.15, -0.1) is 0 Å². The predicted octanol–water partition coefficient (Wildman–Crippen LogP) is 4.98. The Morgan fingerprint density at radius 2 is 1.82 bits per heavy atom. The third kappa shape index (κ3) is 4.35. The highest BCUT2D eigenvalue weighted by molar-refractivity contribution is 5.93. The predicted molar refractivity (Wildman–Crippen MR) is 140 cm³/mol. The van der Waals surface area contributed by atoms with Crippen LogP contribution >= 0.6 is 0 Å². The topological polar surface area (TPSA) is 101 Å². The summed E-state index contributed by atoms with van der Waals surface area (Å²) in [7, 11) is 0. The van der Waals surface area contributed by atoms with Crippen molar-refractivity contribution in [2.24, 2.45) is 5.41 Å². The van der Waals surface area contributed by atoms with Crippen LogP contribution in [0.2, 0.25) is 0 Å². The number of ether oxygens (including phenoxy) is 1. The molecular weight excluding hydrogens is 504 g/mol. The molecule has 2 N–H and O–H groups in total. The van der Waals surface area contributed by atoms with Crippen molar-refractivity contribution in [2.45, 2.75) is 75.4 Å². The van der Waals surface area contributed by atoms with Crippen LogP contribution in [0, 0.1) is 5.41 Å². The molecule has 7 rings (SSSR count). The third-order valence-electron chi connectivity index (χ3n) is 8.85. The molecule has 10 heteroatoms. The van der Waals surface area contributed by atoms with Gasteiger partial charge in [0.2, 0.25) is 5.92 Å². The van der Waals surface area contributed by atoms with E-state index in [4.69, 9.17) is 4.74 Å². The number of hydrogen-bond acceptors (Lipinski definition) is 5. The van der Waals surface area contributed by atoms with Crippen LogP contribution in [-0.4, -0.2) is 43.6 Å². The van der Waals surface area contributed by atoms with E-state index >= 15 is 0 Å². The quantitative estimate of drug-likeness (QED) is 0.377. The van der Waals surface area contributed by atoms with Crippen LogP contribution in [0.5, 0.6) is 5.75 Å². The second-order valence-corrected chi connectivity index (χ2v) is 11.6. The second-order valence-electron chi connectivity index (χ2n) is 11.6. The maximum atomic E-state index is 13.4. The molecule has 0 aliphatic heterocycles. The van der Waals surface area contributed by atoms with Gasteiger partial charge in [0.1, 0.15) is 17.1 Å². The molecule has 1 amide bonds. The van der Waals surface area contributed by atoms with Crippen molar-refractivity contribution in [3.8, 4) is 5.75 Å². The lowest BCUT2D eigenvalue weighted by molar-refractivity contribution is -0.0582. The molecule has 3 aliphatic carbocycles. The average molecular weight is 534 g/mol. The first kappa shape index (κ1) is 24.2. The van der Waals surface area contributed by atoms with Gasteiger partial charge >= 0.3 is 0 Å². The summed E-state index contributed by atoms with van der Waals surface area (Å²) in [5, 5.41) is 11.8. The summed E-state index contributed by atoms with van der Waals surface area (Å²) in [5.41, 5.74) is 2.04. The number of rotatable bonds is 5. The number of H-pyrrole nitrogens is 1. The second kappa shape index (κ2) is 8.86. The summed E-state index contributed by atoms with van der Waals surface area (Å²) >= 11 is 0. The lowest BCUT2D eigenvalue weighted by Gasteiger charge is -2.57. The van der Waals surface area contributed by atoms with Crippen LogP contribution in [-0.2, 0) is 0 Å². The molecule has 3 aliphatic rings. The van der Waals surface area contributed by atoms with Gasteiger partial charge in [0.25, 0.3) is 11.5 Å². The third-order valence-corrected chi connectivity index (χ3v) is 8.85. The van der Waals surface area contributed by atoms with Crippen LogP contribution in [0.25, 0.3) is 16.4 Å². The summed E-state index contributed by atoms with van der Waals surface area (Å²) in [6.07, 6.45) is 7.23. The molecule has 8 nitrogen and oxygen atoms in total. The normalized spacial score (nSPS) is 26.3. The first-order valence-electron chi connectivity index (χ1n) is 13.6. The highest BCUT2D eigenvalue weighted by Gasteiger charge is 2.54. The van der Waals surface area contributed by atoms with Crippen molar-refractivity contribution >= 4 is 22.3 Å². The maximum absolute atomic E-state index is 13.4. The lowest BCUT2D eigenvalue weighted by atomic mass is 9.49. The molecule has 3 heterocycles. The summed E-state index contributed by atoms with van der Waals surface area (Å²) in [6.45, 7) is 0. The number of imidazole rings is 1. The molecule has 1 aromatic carbocycles. The van der Waals surface area contributed by atoms with Gasteiger partial charge in [0, 0.05) is 42.5 Å². The van der Waals surface area contributed by atoms with Crippen molar-refractivity contribution in [1.82, 2.24) is 24.9 Å². The Labute approximate surface area is 222 Å². The first-order valence-corrected chi connectivity index (χ1v) is 13.6. The van der Waals surface area contributed by atoms with E-state index in [1.165, 1.54) is 0 Å². The molecule has 3 fully saturated rings. The van der Waals surface area contributed by atoms with Crippen molar-refractivity contribution < 1.29 is 18.3 Å². The number of nitrogens with one attached hydrogen (secondary N) is 2. The van der Waals surface area contributed by atoms with Crippen LogP contribution in [0.3, 0.4) is 0 Å². The van der Waals surface area contributed by atoms with Gasteiger partial charge in [-0.1, -0.05) is 18.2 Å². The standard InChI is InChI=1S/C29H29F2N5O3/c30-29(31)8-5-19(6-9-29)39-20-7-10-36-23(16-32-24(36)11-20)27(38)33-18-14-28(15-18)12-17(13-28)25-21-3-1-2-4-22(21)26(37)35-34-25/h1-4,7,10-11,16-19H,5-6,8-9,12-15H2,(H,33,38)(H,35,37)/t17-,18-,28?. The lowest BCUT2D eigenvalue weighted by Crippen LogP contribution is -2.55. The number of alkyl halides is 2. The minimum Gasteiger partial charge on any atom is -0.490 e. The highest BCUT2D eigenvalue weighted by atomic mass is 19.3. The molecule has 3 aromatic heterocycles. The van der Waals surface area contributed by atoms with Crippen LogP contribution in [0.4, 0.5) is 8.78 Å². The van der Waals surface area contributed by atoms with Gasteiger partial charge in [-0.05, 0) is 56.1 Å². The van der Waals surface area contributed by atoms with Crippen LogP contribution in [0.15, 0.2) is 53.6 Å². The summed E-state index contributed by atoms with van der Waals surface area (Å²) in [5.74, 6) is -1.88. The largest absolute Gasteiger partial charge is 0.490 e. The number of amides is 1. The van der Waals surface area contributed by atoms with Gasteiger partial charge in [-0.25, -0.2) is 18.9 Å². The van der Waals surface area contributed by atoms with E-state index in [9.17, 15) is 18.4 Å². The number of nitrogens with zero attached hydrogens (tertiary/aromatic N) is 3. The van der Waals surface area contributed by atoms with Crippen molar-refractivity contribution in [3.05, 3.63) is 70.5 Å². The zero-order valence-electron chi connectivity index (χ0n) is 21.3. The number of carbonyl (C=O) groups is 1. The number of pyridine rings is 1. The maximum Gasteiger partial charge on any atom is 0.272 e. The van der Waals surface area contributed by atoms with Crippen molar-refractivity contribution in [1.29, 1.82) is 0 Å². The van der Waals surface area contributed by atoms with E-state index < -0.39 is 5.92 Å². The Morgan fingerprint density at radius 1 is 1.08 bits per heavy atom. The fraction of sp³-hybridized carbons (Fsp3) is 0.448. The Hall–Kier alpha value is -3.82. The Bertz CT molecular complexity index is 1620. The number of aromatic amines is 1. The molecule has 3 saturated carbocycles. The molecule has 0 atom stereocenters.